The molecule has 408 valence electrons. The number of urea groups is 2. The fourth-order valence-corrected chi connectivity index (χ4v) is 7.12. The first kappa shape index (κ1) is 60.3. The molecular formula is C48H70BrN11O14. The van der Waals surface area contributed by atoms with Gasteiger partial charge in [-0.05, 0) is 68.0 Å². The molecule has 2 heterocycles. The van der Waals surface area contributed by atoms with E-state index in [2.05, 4.69) is 62.6 Å². The molecule has 0 unspecified atom stereocenters. The van der Waals surface area contributed by atoms with Gasteiger partial charge in [-0.15, -0.1) is 0 Å². The highest BCUT2D eigenvalue weighted by atomic mass is 79.9. The molecule has 4 rings (SSSR count). The predicted octanol–water partition coefficient (Wildman–Crippen LogP) is 3.28. The van der Waals surface area contributed by atoms with Gasteiger partial charge >= 0.3 is 18.2 Å². The number of rotatable bonds is 32. The minimum atomic E-state index is -1.05. The number of hydrogen-bond acceptors (Lipinski definition) is 17. The van der Waals surface area contributed by atoms with Crippen LogP contribution < -0.4 is 48.3 Å². The lowest BCUT2D eigenvalue weighted by molar-refractivity contribution is -0.132. The maximum Gasteiger partial charge on any atom is 0.410 e. The summed E-state index contributed by atoms with van der Waals surface area (Å²) in [7, 11) is 0. The monoisotopic (exact) mass is 1100 g/mol. The van der Waals surface area contributed by atoms with Crippen LogP contribution in [-0.2, 0) is 54.2 Å². The second-order valence-electron chi connectivity index (χ2n) is 17.1. The second-order valence-corrected chi connectivity index (χ2v) is 17.9. The van der Waals surface area contributed by atoms with Crippen LogP contribution in [0.2, 0.25) is 0 Å². The van der Waals surface area contributed by atoms with Crippen LogP contribution in [0, 0.1) is 19.8 Å². The van der Waals surface area contributed by atoms with Crippen molar-refractivity contribution in [2.24, 2.45) is 17.5 Å². The average molecular weight is 1110 g/mol. The molecule has 1 fully saturated rings. The van der Waals surface area contributed by atoms with Gasteiger partial charge in [0.25, 0.3) is 0 Å². The summed E-state index contributed by atoms with van der Waals surface area (Å²) in [6.07, 6.45) is 2.34. The third kappa shape index (κ3) is 23.3. The number of nitrogens with two attached hydrogens (primary N) is 2. The summed E-state index contributed by atoms with van der Waals surface area (Å²) in [6, 6.07) is 6.82. The van der Waals surface area contributed by atoms with E-state index in [0.717, 1.165) is 10.0 Å². The maximum absolute atomic E-state index is 13.6. The average Bonchev–Trinajstić information content (AvgIpc) is 3.37. The Balaban J connectivity index is 1.21. The molecule has 3 aromatic rings. The fraction of sp³-hybridized carbons (Fsp3) is 0.542. The second kappa shape index (κ2) is 33.5. The smallest absolute Gasteiger partial charge is 0.410 e. The first-order valence-corrected chi connectivity index (χ1v) is 24.9. The van der Waals surface area contributed by atoms with Crippen molar-refractivity contribution in [2.45, 2.75) is 71.8 Å². The number of carbonyl (C=O) groups is 6. The zero-order valence-corrected chi connectivity index (χ0v) is 43.8. The largest absolute Gasteiger partial charge is 0.489 e. The van der Waals surface area contributed by atoms with Crippen molar-refractivity contribution in [1.29, 1.82) is 0 Å². The number of nitrogens with zero attached hydrogens (tertiary/aromatic N) is 3. The van der Waals surface area contributed by atoms with Crippen molar-refractivity contribution in [2.75, 3.05) is 108 Å². The van der Waals surface area contributed by atoms with E-state index in [1.54, 1.807) is 57.2 Å². The Labute approximate surface area is 438 Å². The van der Waals surface area contributed by atoms with Crippen molar-refractivity contribution in [3.8, 4) is 5.75 Å². The SMILES string of the molecule is Cc1cnc(NC(=O)Nc2cc(Br)c(C)cc2OC[C@@H]2CN(C(=O)OCc3ccc(NC(=O)[C@H](CCCNC(N)=O)NC(=O)[C@@H](NC(=O)CCOCCOCCOCCOCCON)C(C)C)cc3)CCO2)cn1. The Hall–Kier alpha value is -6.26. The number of nitrogens with one attached hydrogen (secondary N) is 6. The third-order valence-electron chi connectivity index (χ3n) is 10.7. The number of aromatic nitrogens is 2. The molecule has 25 nitrogen and oxygen atoms in total. The van der Waals surface area contributed by atoms with Crippen molar-refractivity contribution in [1.82, 2.24) is 30.8 Å². The Morgan fingerprint density at radius 1 is 0.838 bits per heavy atom. The third-order valence-corrected chi connectivity index (χ3v) is 11.6. The van der Waals surface area contributed by atoms with E-state index in [9.17, 15) is 28.8 Å². The number of anilines is 3. The Morgan fingerprint density at radius 3 is 2.15 bits per heavy atom. The van der Waals surface area contributed by atoms with Gasteiger partial charge in [-0.3, -0.25) is 24.7 Å². The molecule has 74 heavy (non-hydrogen) atoms. The molecule has 0 radical (unpaired) electrons. The van der Waals surface area contributed by atoms with E-state index in [4.69, 9.17) is 44.8 Å². The van der Waals surface area contributed by atoms with Gasteiger partial charge in [-0.2, -0.15) is 0 Å². The van der Waals surface area contributed by atoms with Gasteiger partial charge in [0.15, 0.2) is 5.82 Å². The molecule has 2 aromatic carbocycles. The van der Waals surface area contributed by atoms with Crippen molar-refractivity contribution >= 4 is 69.0 Å². The lowest BCUT2D eigenvalue weighted by Crippen LogP contribution is -2.54. The zero-order chi connectivity index (χ0) is 53.7. The molecule has 8 amide bonds. The predicted molar refractivity (Wildman–Crippen MR) is 274 cm³/mol. The lowest BCUT2D eigenvalue weighted by Gasteiger charge is -2.32. The molecule has 0 spiro atoms. The van der Waals surface area contributed by atoms with Crippen molar-refractivity contribution in [3.05, 3.63) is 70.1 Å². The molecule has 0 aliphatic carbocycles. The number of amides is 8. The summed E-state index contributed by atoms with van der Waals surface area (Å²) in [5, 5.41) is 16.2. The maximum atomic E-state index is 13.6. The topological polar surface area (TPSA) is 330 Å². The van der Waals surface area contributed by atoms with E-state index >= 15 is 0 Å². The zero-order valence-electron chi connectivity index (χ0n) is 42.2. The minimum absolute atomic E-state index is 0.0134. The Kier molecular flexibility index (Phi) is 27.3. The standard InChI is InChI=1S/C48H70BrN11O14/c1-31(2)43(59-42(61)11-14-67-16-17-68-18-19-69-20-21-70-22-23-74-51)45(63)56-38(6-5-12-52-46(50)64)44(62)55-35-9-7-34(8-10-35)29-73-48(66)60-13-15-71-36(28-60)30-72-40-24-32(3)37(49)25-39(40)57-47(65)58-41-27-53-33(4)26-54-41/h7-10,24-27,31,36,38,43H,5-6,11-23,28-30,51H2,1-4H3,(H,55,62)(H,56,63)(H,59,61)(H3,50,52,64)(H2,54,57,58,65)/t36-,38-,43-/m0/s1. The number of halogens is 1. The van der Waals surface area contributed by atoms with E-state index in [1.165, 1.54) is 17.3 Å². The highest BCUT2D eigenvalue weighted by Crippen LogP contribution is 2.32. The first-order valence-electron chi connectivity index (χ1n) is 24.1. The summed E-state index contributed by atoms with van der Waals surface area (Å²) >= 11 is 3.50. The van der Waals surface area contributed by atoms with Gasteiger partial charge < -0.3 is 75.2 Å². The number of hydrogen-bond donors (Lipinski definition) is 8. The molecule has 1 aliphatic rings. The van der Waals surface area contributed by atoms with Gasteiger partial charge in [-0.1, -0.05) is 41.9 Å². The molecule has 0 saturated carbocycles. The molecule has 10 N–H and O–H groups in total. The van der Waals surface area contributed by atoms with Gasteiger partial charge in [0, 0.05) is 29.7 Å². The Bertz CT molecular complexity index is 2230. The molecule has 3 atom stereocenters. The summed E-state index contributed by atoms with van der Waals surface area (Å²) in [4.78, 5) is 91.6. The Morgan fingerprint density at radius 2 is 1.51 bits per heavy atom. The van der Waals surface area contributed by atoms with Crippen LogP contribution >= 0.6 is 15.9 Å². The summed E-state index contributed by atoms with van der Waals surface area (Å²) in [6.45, 7) is 11.0. The number of primary amides is 1. The number of benzene rings is 2. The molecule has 0 bridgehead atoms. The van der Waals surface area contributed by atoms with Gasteiger partial charge in [-0.25, -0.2) is 25.3 Å². The minimum Gasteiger partial charge on any atom is -0.489 e. The molecule has 1 aliphatic heterocycles. The van der Waals surface area contributed by atoms with Crippen LogP contribution in [0.25, 0.3) is 0 Å². The molecule has 1 saturated heterocycles. The number of aryl methyl sites for hydroxylation is 2. The summed E-state index contributed by atoms with van der Waals surface area (Å²) < 4.78 is 40.0. The lowest BCUT2D eigenvalue weighted by atomic mass is 10.0. The first-order chi connectivity index (χ1) is 35.6. The molecular weight excluding hydrogens is 1030 g/mol. The van der Waals surface area contributed by atoms with Crippen LogP contribution in [0.1, 0.15) is 49.9 Å². The van der Waals surface area contributed by atoms with Gasteiger partial charge in [0.1, 0.15) is 37.2 Å². The highest BCUT2D eigenvalue weighted by Gasteiger charge is 2.30. The molecule has 1 aromatic heterocycles. The van der Waals surface area contributed by atoms with Gasteiger partial charge in [0.2, 0.25) is 17.7 Å². The van der Waals surface area contributed by atoms with E-state index in [-0.39, 0.29) is 70.7 Å². The number of carbonyl (C=O) groups excluding carboxylic acids is 6. The quantitative estimate of drug-likeness (QED) is 0.0328. The van der Waals surface area contributed by atoms with E-state index < -0.39 is 54.1 Å². The van der Waals surface area contributed by atoms with Crippen LogP contribution in [0.5, 0.6) is 5.75 Å². The van der Waals surface area contributed by atoms with E-state index in [0.29, 0.717) is 87.6 Å². The normalized spacial score (nSPS) is 14.1. The summed E-state index contributed by atoms with van der Waals surface area (Å²) in [5.74, 6) is 3.73. The van der Waals surface area contributed by atoms with E-state index in [1.807, 2.05) is 6.92 Å². The number of ether oxygens (including phenoxy) is 7. The van der Waals surface area contributed by atoms with Crippen LogP contribution in [0.15, 0.2) is 53.3 Å². The van der Waals surface area contributed by atoms with Crippen LogP contribution in [0.3, 0.4) is 0 Å². The number of morpholine rings is 1. The fourth-order valence-electron chi connectivity index (χ4n) is 6.78. The molecule has 26 heteroatoms. The van der Waals surface area contributed by atoms with Gasteiger partial charge in [0.05, 0.1) is 96.4 Å². The highest BCUT2D eigenvalue weighted by molar-refractivity contribution is 9.10. The van der Waals surface area contributed by atoms with Crippen LogP contribution in [0.4, 0.5) is 31.6 Å². The van der Waals surface area contributed by atoms with Crippen LogP contribution in [-0.4, -0.2) is 161 Å². The summed E-state index contributed by atoms with van der Waals surface area (Å²) in [5.41, 5.74) is 8.22. The van der Waals surface area contributed by atoms with Crippen molar-refractivity contribution < 1.29 is 66.8 Å². The van der Waals surface area contributed by atoms with Crippen molar-refractivity contribution in [3.63, 3.8) is 0 Å².